The maximum atomic E-state index is 12.6. The first-order valence-corrected chi connectivity index (χ1v) is 8.14. The molecule has 1 fully saturated rings. The number of amides is 1. The van der Waals surface area contributed by atoms with Crippen molar-refractivity contribution in [3.05, 3.63) is 28.8 Å². The van der Waals surface area contributed by atoms with Crippen LogP contribution in [0.5, 0.6) is 5.75 Å². The Labute approximate surface area is 138 Å². The zero-order valence-corrected chi connectivity index (χ0v) is 14.6. The second-order valence-electron chi connectivity index (χ2n) is 6.18. The van der Waals surface area contributed by atoms with Crippen molar-refractivity contribution in [2.24, 2.45) is 0 Å². The fraction of sp³-hybridized carbons (Fsp3) is 0.588. The van der Waals surface area contributed by atoms with Gasteiger partial charge in [0.2, 0.25) is 0 Å². The zero-order valence-electron chi connectivity index (χ0n) is 13.8. The fourth-order valence-electron chi connectivity index (χ4n) is 2.79. The summed E-state index contributed by atoms with van der Waals surface area (Å²) in [6, 6.07) is 5.88. The Morgan fingerprint density at radius 2 is 2.05 bits per heavy atom. The van der Waals surface area contributed by atoms with Gasteiger partial charge in [-0.25, -0.2) is 0 Å². The average Bonchev–Trinajstić information content (AvgIpc) is 2.50. The predicted octanol–water partition coefficient (Wildman–Crippen LogP) is 2.97. The van der Waals surface area contributed by atoms with Crippen molar-refractivity contribution >= 4 is 17.5 Å². The van der Waals surface area contributed by atoms with Crippen LogP contribution in [-0.4, -0.2) is 55.0 Å². The van der Waals surface area contributed by atoms with Crippen molar-refractivity contribution in [2.45, 2.75) is 38.8 Å². The Morgan fingerprint density at radius 1 is 1.41 bits per heavy atom. The van der Waals surface area contributed by atoms with Crippen LogP contribution in [0.4, 0.5) is 0 Å². The van der Waals surface area contributed by atoms with Crippen LogP contribution in [0.3, 0.4) is 0 Å². The van der Waals surface area contributed by atoms with Gasteiger partial charge in [0.25, 0.3) is 5.91 Å². The van der Waals surface area contributed by atoms with Gasteiger partial charge < -0.3 is 14.5 Å². The molecule has 1 saturated heterocycles. The van der Waals surface area contributed by atoms with Crippen LogP contribution in [-0.2, 0) is 4.79 Å². The molecule has 2 rings (SSSR count). The fourth-order valence-corrected chi connectivity index (χ4v) is 2.95. The molecule has 22 heavy (non-hydrogen) atoms. The van der Waals surface area contributed by atoms with Gasteiger partial charge >= 0.3 is 0 Å². The number of benzene rings is 1. The summed E-state index contributed by atoms with van der Waals surface area (Å²) in [6.07, 6.45) is 1.48. The van der Waals surface area contributed by atoms with Crippen molar-refractivity contribution in [3.63, 3.8) is 0 Å². The van der Waals surface area contributed by atoms with E-state index in [0.29, 0.717) is 16.8 Å². The van der Waals surface area contributed by atoms with Gasteiger partial charge in [-0.1, -0.05) is 17.7 Å². The van der Waals surface area contributed by atoms with Crippen LogP contribution >= 0.6 is 11.6 Å². The van der Waals surface area contributed by atoms with Gasteiger partial charge in [-0.2, -0.15) is 0 Å². The van der Waals surface area contributed by atoms with Gasteiger partial charge in [-0.3, -0.25) is 4.79 Å². The first-order chi connectivity index (χ1) is 10.4. The minimum absolute atomic E-state index is 0.00660. The first-order valence-electron chi connectivity index (χ1n) is 7.76. The summed E-state index contributed by atoms with van der Waals surface area (Å²) in [7, 11) is 3.99. The smallest absolute Gasteiger partial charge is 0.263 e. The maximum absolute atomic E-state index is 12.6. The number of nitrogens with zero attached hydrogens (tertiary/aromatic N) is 2. The summed E-state index contributed by atoms with van der Waals surface area (Å²) in [5.74, 6) is 0.575. The summed E-state index contributed by atoms with van der Waals surface area (Å²) < 4.78 is 5.79. The lowest BCUT2D eigenvalue weighted by molar-refractivity contribution is -0.139. The van der Waals surface area contributed by atoms with Crippen LogP contribution in [0.15, 0.2) is 18.2 Å². The lowest BCUT2D eigenvalue weighted by atomic mass is 10.0. The standard InChI is InChI=1S/C17H25ClN2O2/c1-12-5-6-15(18)16(11-12)22-13(2)17(21)20(4)14-7-9-19(3)10-8-14/h5-6,11,13-14H,7-10H2,1-4H3/t13-/m0/s1. The quantitative estimate of drug-likeness (QED) is 0.853. The second-order valence-corrected chi connectivity index (χ2v) is 6.58. The Balaban J connectivity index is 1.98. The number of likely N-dealkylation sites (N-methyl/N-ethyl adjacent to an activating group) is 1. The third kappa shape index (κ3) is 4.14. The van der Waals surface area contributed by atoms with Gasteiger partial charge in [0.1, 0.15) is 5.75 Å². The van der Waals surface area contributed by atoms with Crippen LogP contribution in [0.1, 0.15) is 25.3 Å². The molecule has 1 aromatic rings. The van der Waals surface area contributed by atoms with Crippen LogP contribution < -0.4 is 4.74 Å². The van der Waals surface area contributed by atoms with Gasteiger partial charge in [-0.05, 0) is 64.5 Å². The highest BCUT2D eigenvalue weighted by atomic mass is 35.5. The van der Waals surface area contributed by atoms with E-state index in [1.165, 1.54) is 0 Å². The molecule has 1 atom stereocenters. The molecule has 4 nitrogen and oxygen atoms in total. The number of halogens is 1. The normalized spacial score (nSPS) is 18.0. The van der Waals surface area contributed by atoms with Crippen LogP contribution in [0, 0.1) is 6.92 Å². The second kappa shape index (κ2) is 7.34. The van der Waals surface area contributed by atoms with Gasteiger partial charge in [0, 0.05) is 13.1 Å². The maximum Gasteiger partial charge on any atom is 0.263 e. The molecule has 1 amide bonds. The number of carbonyl (C=O) groups excluding carboxylic acids is 1. The molecule has 1 aliphatic heterocycles. The third-order valence-corrected chi connectivity index (χ3v) is 4.63. The average molecular weight is 325 g/mol. The van der Waals surface area contributed by atoms with E-state index in [4.69, 9.17) is 16.3 Å². The molecule has 5 heteroatoms. The zero-order chi connectivity index (χ0) is 16.3. The van der Waals surface area contributed by atoms with E-state index in [2.05, 4.69) is 11.9 Å². The SMILES string of the molecule is Cc1ccc(Cl)c(O[C@@H](C)C(=O)N(C)C2CCN(C)CC2)c1. The number of likely N-dealkylation sites (tertiary alicyclic amines) is 1. The molecule has 0 aromatic heterocycles. The predicted molar refractivity (Wildman–Crippen MR) is 89.6 cm³/mol. The van der Waals surface area contributed by atoms with E-state index in [1.807, 2.05) is 31.0 Å². The van der Waals surface area contributed by atoms with Crippen molar-refractivity contribution in [1.82, 2.24) is 9.80 Å². The number of piperidine rings is 1. The monoisotopic (exact) mass is 324 g/mol. The minimum Gasteiger partial charge on any atom is -0.479 e. The molecule has 122 valence electrons. The number of hydrogen-bond acceptors (Lipinski definition) is 3. The highest BCUT2D eigenvalue weighted by molar-refractivity contribution is 6.32. The van der Waals surface area contributed by atoms with Gasteiger partial charge in [0.05, 0.1) is 5.02 Å². The lowest BCUT2D eigenvalue weighted by Gasteiger charge is -2.36. The molecule has 1 aromatic carbocycles. The van der Waals surface area contributed by atoms with Crippen molar-refractivity contribution in [2.75, 3.05) is 27.2 Å². The first kappa shape index (κ1) is 17.1. The van der Waals surface area contributed by atoms with E-state index in [9.17, 15) is 4.79 Å². The molecule has 0 radical (unpaired) electrons. The Hall–Kier alpha value is -1.26. The molecule has 1 aliphatic rings. The highest BCUT2D eigenvalue weighted by Crippen LogP contribution is 2.27. The van der Waals surface area contributed by atoms with Crippen LogP contribution in [0.2, 0.25) is 5.02 Å². The molecular formula is C17H25ClN2O2. The summed E-state index contributed by atoms with van der Waals surface area (Å²) in [5.41, 5.74) is 1.06. The van der Waals surface area contributed by atoms with Gasteiger partial charge in [0.15, 0.2) is 6.10 Å². The number of rotatable bonds is 4. The summed E-state index contributed by atoms with van der Waals surface area (Å²) in [4.78, 5) is 16.7. The van der Waals surface area contributed by atoms with E-state index in [-0.39, 0.29) is 5.91 Å². The third-order valence-electron chi connectivity index (χ3n) is 4.32. The van der Waals surface area contributed by atoms with Crippen molar-refractivity contribution in [3.8, 4) is 5.75 Å². The van der Waals surface area contributed by atoms with E-state index >= 15 is 0 Å². The topological polar surface area (TPSA) is 32.8 Å². The minimum atomic E-state index is -0.538. The summed E-state index contributed by atoms with van der Waals surface area (Å²) in [5, 5.41) is 0.534. The molecular weight excluding hydrogens is 300 g/mol. The van der Waals surface area contributed by atoms with Crippen molar-refractivity contribution < 1.29 is 9.53 Å². The number of hydrogen-bond donors (Lipinski definition) is 0. The molecule has 0 N–H and O–H groups in total. The number of aryl methyl sites for hydroxylation is 1. The van der Waals surface area contributed by atoms with Crippen LogP contribution in [0.25, 0.3) is 0 Å². The molecule has 0 bridgehead atoms. The van der Waals surface area contributed by atoms with Gasteiger partial charge in [-0.15, -0.1) is 0 Å². The molecule has 0 unspecified atom stereocenters. The molecule has 1 heterocycles. The Morgan fingerprint density at radius 3 is 2.68 bits per heavy atom. The molecule has 0 aliphatic carbocycles. The number of carbonyl (C=O) groups is 1. The van der Waals surface area contributed by atoms with E-state index < -0.39 is 6.10 Å². The van der Waals surface area contributed by atoms with E-state index in [0.717, 1.165) is 31.5 Å². The van der Waals surface area contributed by atoms with Crippen molar-refractivity contribution in [1.29, 1.82) is 0 Å². The van der Waals surface area contributed by atoms with E-state index in [1.54, 1.807) is 13.0 Å². The Bertz CT molecular complexity index is 527. The highest BCUT2D eigenvalue weighted by Gasteiger charge is 2.28. The number of ether oxygens (including phenoxy) is 1. The largest absolute Gasteiger partial charge is 0.479 e. The summed E-state index contributed by atoms with van der Waals surface area (Å²) >= 11 is 6.13. The molecule has 0 spiro atoms. The summed E-state index contributed by atoms with van der Waals surface area (Å²) in [6.45, 7) is 5.81. The lowest BCUT2D eigenvalue weighted by Crippen LogP contribution is -2.48. The molecule has 0 saturated carbocycles. The Kier molecular flexibility index (Phi) is 5.70.